The largest absolute Gasteiger partial charge is 0.492 e. The molecule has 1 aromatic heterocycles. The molecule has 2 aliphatic rings. The maximum Gasteiger partial charge on any atom is 0.321 e. The molecule has 0 radical (unpaired) electrons. The fraction of sp³-hybridized carbons (Fsp3) is 0.476. The molecule has 1 saturated heterocycles. The van der Waals surface area contributed by atoms with Crippen LogP contribution in [0.3, 0.4) is 0 Å². The number of rotatable bonds is 5. The zero-order valence-corrected chi connectivity index (χ0v) is 15.9. The number of piperidine rings is 1. The lowest BCUT2D eigenvalue weighted by atomic mass is 9.95. The topological polar surface area (TPSA) is 55.7 Å². The van der Waals surface area contributed by atoms with Gasteiger partial charge in [0, 0.05) is 50.1 Å². The minimum Gasteiger partial charge on any atom is -0.492 e. The highest BCUT2D eigenvalue weighted by Crippen LogP contribution is 2.38. The first-order chi connectivity index (χ1) is 13.2. The number of nitrogens with one attached hydrogen (secondary N) is 1. The van der Waals surface area contributed by atoms with E-state index in [9.17, 15) is 4.79 Å². The summed E-state index contributed by atoms with van der Waals surface area (Å²) in [6, 6.07) is 9.67. The van der Waals surface area contributed by atoms with Crippen molar-refractivity contribution in [2.45, 2.75) is 25.9 Å². The molecule has 6 heteroatoms. The molecule has 1 aromatic carbocycles. The number of hydrogen-bond donors (Lipinski definition) is 1. The Morgan fingerprint density at radius 3 is 2.52 bits per heavy atom. The van der Waals surface area contributed by atoms with Crippen molar-refractivity contribution in [3.8, 4) is 11.4 Å². The van der Waals surface area contributed by atoms with Gasteiger partial charge in [-0.15, -0.1) is 0 Å². The molecule has 6 nitrogen and oxygen atoms in total. The zero-order valence-electron chi connectivity index (χ0n) is 15.9. The Morgan fingerprint density at radius 2 is 1.89 bits per heavy atom. The van der Waals surface area contributed by atoms with E-state index in [0.717, 1.165) is 43.1 Å². The van der Waals surface area contributed by atoms with Gasteiger partial charge in [0.05, 0.1) is 18.4 Å². The van der Waals surface area contributed by atoms with E-state index in [4.69, 9.17) is 9.47 Å². The molecule has 1 aliphatic heterocycles. The monoisotopic (exact) mass is 369 g/mol. The van der Waals surface area contributed by atoms with Gasteiger partial charge in [0.15, 0.2) is 0 Å². The SMILES string of the molecule is CCOc1ccc(NC(=O)N2CC3CCC(C2)C3OC)cc1-n1cccc1. The highest BCUT2D eigenvalue weighted by Gasteiger charge is 2.43. The number of fused-ring (bicyclic) bond motifs is 2. The molecule has 1 aliphatic carbocycles. The number of hydrogen-bond acceptors (Lipinski definition) is 3. The van der Waals surface area contributed by atoms with Crippen molar-refractivity contribution in [3.63, 3.8) is 0 Å². The van der Waals surface area contributed by atoms with E-state index >= 15 is 0 Å². The van der Waals surface area contributed by atoms with Crippen LogP contribution in [-0.2, 0) is 4.74 Å². The Labute approximate surface area is 160 Å². The fourth-order valence-electron chi connectivity index (χ4n) is 4.50. The van der Waals surface area contributed by atoms with Crippen LogP contribution in [0.15, 0.2) is 42.7 Å². The summed E-state index contributed by atoms with van der Waals surface area (Å²) in [7, 11) is 1.79. The van der Waals surface area contributed by atoms with Crippen LogP contribution in [0.5, 0.6) is 5.75 Å². The summed E-state index contributed by atoms with van der Waals surface area (Å²) in [4.78, 5) is 14.8. The van der Waals surface area contributed by atoms with E-state index < -0.39 is 0 Å². The number of benzene rings is 1. The lowest BCUT2D eigenvalue weighted by molar-refractivity contribution is -0.00364. The number of urea groups is 1. The van der Waals surface area contributed by atoms with Gasteiger partial charge in [0.1, 0.15) is 5.75 Å². The molecule has 4 rings (SSSR count). The summed E-state index contributed by atoms with van der Waals surface area (Å²) >= 11 is 0. The van der Waals surface area contributed by atoms with E-state index in [0.29, 0.717) is 24.5 Å². The Kier molecular flexibility index (Phi) is 5.07. The van der Waals surface area contributed by atoms with Gasteiger partial charge in [-0.25, -0.2) is 4.79 Å². The summed E-state index contributed by atoms with van der Waals surface area (Å²) in [5.41, 5.74) is 1.69. The zero-order chi connectivity index (χ0) is 18.8. The highest BCUT2D eigenvalue weighted by molar-refractivity contribution is 5.90. The molecule has 2 amide bonds. The number of aromatic nitrogens is 1. The molecular weight excluding hydrogens is 342 g/mol. The Hall–Kier alpha value is -2.47. The van der Waals surface area contributed by atoms with Gasteiger partial charge < -0.3 is 24.3 Å². The van der Waals surface area contributed by atoms with Crippen molar-refractivity contribution in [2.24, 2.45) is 11.8 Å². The number of carbonyl (C=O) groups excluding carboxylic acids is 1. The molecule has 2 heterocycles. The van der Waals surface area contributed by atoms with Gasteiger partial charge in [0.25, 0.3) is 0 Å². The first kappa shape index (κ1) is 17.9. The van der Waals surface area contributed by atoms with Crippen LogP contribution in [0, 0.1) is 11.8 Å². The number of amides is 2. The molecule has 144 valence electrons. The molecule has 1 N–H and O–H groups in total. The Bertz CT molecular complexity index is 776. The minimum atomic E-state index is -0.0379. The van der Waals surface area contributed by atoms with E-state index in [2.05, 4.69) is 5.32 Å². The first-order valence-electron chi connectivity index (χ1n) is 9.68. The first-order valence-corrected chi connectivity index (χ1v) is 9.68. The standard InChI is InChI=1S/C21H27N3O3/c1-3-27-19-9-8-17(12-18(19)23-10-4-5-11-23)22-21(25)24-13-15-6-7-16(14-24)20(15)26-2/h4-5,8-12,15-16,20H,3,6-7,13-14H2,1-2H3,(H,22,25). The Balaban J connectivity index is 1.49. The second-order valence-corrected chi connectivity index (χ2v) is 7.34. The molecule has 2 unspecified atom stereocenters. The van der Waals surface area contributed by atoms with Crippen molar-refractivity contribution in [1.82, 2.24) is 9.47 Å². The molecule has 2 atom stereocenters. The molecule has 0 spiro atoms. The third-order valence-electron chi connectivity index (χ3n) is 5.70. The van der Waals surface area contributed by atoms with Gasteiger partial charge in [-0.3, -0.25) is 0 Å². The van der Waals surface area contributed by atoms with E-state index in [-0.39, 0.29) is 6.03 Å². The summed E-state index contributed by atoms with van der Waals surface area (Å²) < 4.78 is 13.4. The van der Waals surface area contributed by atoms with Crippen LogP contribution < -0.4 is 10.1 Å². The average molecular weight is 369 g/mol. The van der Waals surface area contributed by atoms with Crippen LogP contribution in [0.25, 0.3) is 5.69 Å². The fourth-order valence-corrected chi connectivity index (χ4v) is 4.50. The summed E-state index contributed by atoms with van der Waals surface area (Å²) in [6.45, 7) is 4.09. The second kappa shape index (κ2) is 7.64. The summed E-state index contributed by atoms with van der Waals surface area (Å²) in [5.74, 6) is 1.70. The van der Waals surface area contributed by atoms with Crippen molar-refractivity contribution in [1.29, 1.82) is 0 Å². The quantitative estimate of drug-likeness (QED) is 0.873. The lowest BCUT2D eigenvalue weighted by Crippen LogP contribution is -2.49. The lowest BCUT2D eigenvalue weighted by Gasteiger charge is -2.37. The molecule has 1 saturated carbocycles. The van der Waals surface area contributed by atoms with Crippen molar-refractivity contribution >= 4 is 11.7 Å². The molecule has 2 aromatic rings. The van der Waals surface area contributed by atoms with E-state index in [1.165, 1.54) is 0 Å². The average Bonchev–Trinajstić information content (AvgIpc) is 3.29. The highest BCUT2D eigenvalue weighted by atomic mass is 16.5. The minimum absolute atomic E-state index is 0.0379. The van der Waals surface area contributed by atoms with Gasteiger partial charge >= 0.3 is 6.03 Å². The van der Waals surface area contributed by atoms with Crippen LogP contribution in [0.4, 0.5) is 10.5 Å². The predicted molar refractivity (Wildman–Crippen MR) is 105 cm³/mol. The number of methoxy groups -OCH3 is 1. The van der Waals surface area contributed by atoms with Crippen LogP contribution >= 0.6 is 0 Å². The predicted octanol–water partition coefficient (Wildman–Crippen LogP) is 3.76. The number of carbonyl (C=O) groups is 1. The summed E-state index contributed by atoms with van der Waals surface area (Å²) in [6.07, 6.45) is 6.54. The van der Waals surface area contributed by atoms with Crippen molar-refractivity contribution < 1.29 is 14.3 Å². The van der Waals surface area contributed by atoms with Crippen LogP contribution in [0.1, 0.15) is 19.8 Å². The third-order valence-corrected chi connectivity index (χ3v) is 5.70. The smallest absolute Gasteiger partial charge is 0.321 e. The van der Waals surface area contributed by atoms with Gasteiger partial charge in [-0.2, -0.15) is 0 Å². The molecule has 27 heavy (non-hydrogen) atoms. The van der Waals surface area contributed by atoms with Crippen LogP contribution in [0.2, 0.25) is 0 Å². The van der Waals surface area contributed by atoms with E-state index in [1.54, 1.807) is 7.11 Å². The summed E-state index contributed by atoms with van der Waals surface area (Å²) in [5, 5.41) is 3.06. The number of anilines is 1. The van der Waals surface area contributed by atoms with Crippen molar-refractivity contribution in [2.75, 3.05) is 32.1 Å². The number of nitrogens with zero attached hydrogens (tertiary/aromatic N) is 2. The maximum atomic E-state index is 12.8. The van der Waals surface area contributed by atoms with Crippen molar-refractivity contribution in [3.05, 3.63) is 42.7 Å². The number of likely N-dealkylation sites (tertiary alicyclic amines) is 1. The maximum absolute atomic E-state index is 12.8. The third kappa shape index (κ3) is 3.54. The van der Waals surface area contributed by atoms with Gasteiger partial charge in [-0.1, -0.05) is 0 Å². The number of ether oxygens (including phenoxy) is 2. The normalized spacial score (nSPS) is 24.1. The molecule has 2 fully saturated rings. The van der Waals surface area contributed by atoms with Crippen LogP contribution in [-0.4, -0.2) is 48.4 Å². The molecule has 2 bridgehead atoms. The second-order valence-electron chi connectivity index (χ2n) is 7.34. The van der Waals surface area contributed by atoms with Gasteiger partial charge in [-0.05, 0) is 50.1 Å². The van der Waals surface area contributed by atoms with E-state index in [1.807, 2.05) is 59.1 Å². The van der Waals surface area contributed by atoms with Gasteiger partial charge in [0.2, 0.25) is 0 Å². The molecular formula is C21H27N3O3. The Morgan fingerprint density at radius 1 is 1.19 bits per heavy atom.